The van der Waals surface area contributed by atoms with Crippen LogP contribution in [0.2, 0.25) is 0 Å². The van der Waals surface area contributed by atoms with Crippen molar-refractivity contribution < 1.29 is 22.9 Å². The molecule has 1 aliphatic heterocycles. The molecule has 8 heteroatoms. The van der Waals surface area contributed by atoms with Gasteiger partial charge in [-0.1, -0.05) is 39.8 Å². The number of hydrogen-bond donors (Lipinski definition) is 1. The lowest BCUT2D eigenvalue weighted by molar-refractivity contribution is -0.129. The first-order valence-electron chi connectivity index (χ1n) is 10.5. The molecule has 6 nitrogen and oxygen atoms in total. The molecular weight excluding hydrogens is 404 g/mol. The van der Waals surface area contributed by atoms with Crippen LogP contribution in [0.4, 0.5) is 8.78 Å². The third-order valence-corrected chi connectivity index (χ3v) is 4.37. The Bertz CT molecular complexity index is 888. The van der Waals surface area contributed by atoms with Gasteiger partial charge in [-0.25, -0.2) is 8.78 Å². The summed E-state index contributed by atoms with van der Waals surface area (Å²) in [5, 5.41) is 6.60. The van der Waals surface area contributed by atoms with Crippen molar-refractivity contribution in [1.29, 1.82) is 0 Å². The number of halogens is 2. The second-order valence-corrected chi connectivity index (χ2v) is 8.98. The number of rotatable bonds is 4. The number of nitrogens with one attached hydrogen (secondary N) is 1. The fourth-order valence-electron chi connectivity index (χ4n) is 3.21. The summed E-state index contributed by atoms with van der Waals surface area (Å²) in [5.74, 6) is -1.04. The Morgan fingerprint density at radius 3 is 2.29 bits per heavy atom. The zero-order valence-corrected chi connectivity index (χ0v) is 18.9. The molecule has 0 saturated carbocycles. The molecule has 2 amide bonds. The summed E-state index contributed by atoms with van der Waals surface area (Å²) in [4.78, 5) is 26.8. The van der Waals surface area contributed by atoms with Crippen molar-refractivity contribution in [2.45, 2.75) is 60.0 Å². The first kappa shape index (κ1) is 24.5. The Morgan fingerprint density at radius 1 is 1.16 bits per heavy atom. The van der Waals surface area contributed by atoms with E-state index in [1.54, 1.807) is 0 Å². The van der Waals surface area contributed by atoms with Crippen molar-refractivity contribution in [3.63, 3.8) is 0 Å². The van der Waals surface area contributed by atoms with E-state index in [0.29, 0.717) is 13.0 Å². The van der Waals surface area contributed by atoms with Crippen LogP contribution in [0, 0.1) is 23.5 Å². The number of nitrogens with zero attached hydrogens (tertiary/aromatic N) is 2. The quantitative estimate of drug-likeness (QED) is 0.758. The van der Waals surface area contributed by atoms with E-state index in [4.69, 9.17) is 4.52 Å². The largest absolute Gasteiger partial charge is 0.355 e. The van der Waals surface area contributed by atoms with Crippen LogP contribution < -0.4 is 5.32 Å². The fraction of sp³-hybridized carbons (Fsp3) is 0.522. The number of piperazine rings is 1. The first-order chi connectivity index (χ1) is 14.5. The van der Waals surface area contributed by atoms with E-state index in [1.165, 1.54) is 11.0 Å². The molecule has 1 aromatic carbocycles. The Morgan fingerprint density at radius 2 is 1.74 bits per heavy atom. The number of carbonyl (C=O) groups is 2. The highest BCUT2D eigenvalue weighted by Crippen LogP contribution is 2.25. The summed E-state index contributed by atoms with van der Waals surface area (Å²) in [5.41, 5.74) is 0.132. The Hall–Kier alpha value is -2.77. The predicted molar refractivity (Wildman–Crippen MR) is 114 cm³/mol. The van der Waals surface area contributed by atoms with Crippen molar-refractivity contribution in [2.75, 3.05) is 6.54 Å². The molecule has 0 aliphatic carbocycles. The molecule has 2 atom stereocenters. The van der Waals surface area contributed by atoms with Gasteiger partial charge in [0.05, 0.1) is 0 Å². The molecule has 1 saturated heterocycles. The standard InChI is InChI=1S/C19H21F2N3O3.C4H10/c1-10(2)4-16-18(25)22-11(3)9-24(16)19(26)15-8-17(27-23-15)12-5-13(20)7-14(21)6-12;1-4(2)3/h5-8,10-11,16H,4,9H2,1-3H3,(H,22,25);4H,1-3H3. The normalized spacial score (nSPS) is 18.6. The molecule has 0 bridgehead atoms. The SMILES string of the molecule is CC(C)C.CC(C)CC1C(=O)NC(C)CN1C(=O)c1cc(-c2cc(F)cc(F)c2)on1. The van der Waals surface area contributed by atoms with Crippen LogP contribution in [0.25, 0.3) is 11.3 Å². The molecular formula is C23H31F2N3O3. The summed E-state index contributed by atoms with van der Waals surface area (Å²) in [6.07, 6.45) is 0.518. The zero-order valence-electron chi connectivity index (χ0n) is 18.9. The Labute approximate surface area is 182 Å². The molecule has 1 fully saturated rings. The van der Waals surface area contributed by atoms with E-state index in [9.17, 15) is 18.4 Å². The van der Waals surface area contributed by atoms with E-state index >= 15 is 0 Å². The van der Waals surface area contributed by atoms with Gasteiger partial charge in [0.15, 0.2) is 11.5 Å². The van der Waals surface area contributed by atoms with E-state index in [2.05, 4.69) is 31.2 Å². The van der Waals surface area contributed by atoms with Crippen LogP contribution >= 0.6 is 0 Å². The summed E-state index contributed by atoms with van der Waals surface area (Å²) < 4.78 is 31.9. The highest BCUT2D eigenvalue weighted by Gasteiger charge is 2.37. The molecule has 2 heterocycles. The van der Waals surface area contributed by atoms with Gasteiger partial charge in [0, 0.05) is 30.3 Å². The third-order valence-electron chi connectivity index (χ3n) is 4.37. The first-order valence-corrected chi connectivity index (χ1v) is 10.5. The van der Waals surface area contributed by atoms with Gasteiger partial charge in [0.2, 0.25) is 5.91 Å². The fourth-order valence-corrected chi connectivity index (χ4v) is 3.21. The molecule has 2 aromatic rings. The number of aromatic nitrogens is 1. The molecule has 1 N–H and O–H groups in total. The second-order valence-electron chi connectivity index (χ2n) is 8.98. The van der Waals surface area contributed by atoms with Crippen LogP contribution in [0.5, 0.6) is 0 Å². The minimum atomic E-state index is -0.757. The van der Waals surface area contributed by atoms with Crippen LogP contribution in [0.15, 0.2) is 28.8 Å². The van der Waals surface area contributed by atoms with E-state index in [0.717, 1.165) is 24.1 Å². The van der Waals surface area contributed by atoms with Crippen molar-refractivity contribution >= 4 is 11.8 Å². The van der Waals surface area contributed by atoms with Gasteiger partial charge in [0.1, 0.15) is 17.7 Å². The lowest BCUT2D eigenvalue weighted by Gasteiger charge is -2.38. The molecule has 31 heavy (non-hydrogen) atoms. The second kappa shape index (κ2) is 10.5. The number of benzene rings is 1. The summed E-state index contributed by atoms with van der Waals surface area (Å²) in [7, 11) is 0. The maximum Gasteiger partial charge on any atom is 0.276 e. The molecule has 1 aromatic heterocycles. The average molecular weight is 436 g/mol. The van der Waals surface area contributed by atoms with Gasteiger partial charge in [-0.15, -0.1) is 0 Å². The maximum absolute atomic E-state index is 13.4. The smallest absolute Gasteiger partial charge is 0.276 e. The van der Waals surface area contributed by atoms with Gasteiger partial charge in [-0.3, -0.25) is 9.59 Å². The minimum absolute atomic E-state index is 0.00896. The van der Waals surface area contributed by atoms with E-state index in [1.807, 2.05) is 20.8 Å². The summed E-state index contributed by atoms with van der Waals surface area (Å²) in [6.45, 7) is 12.6. The van der Waals surface area contributed by atoms with Crippen molar-refractivity contribution in [3.8, 4) is 11.3 Å². The highest BCUT2D eigenvalue weighted by molar-refractivity contribution is 5.97. The van der Waals surface area contributed by atoms with Gasteiger partial charge < -0.3 is 14.7 Å². The van der Waals surface area contributed by atoms with Crippen LogP contribution in [-0.2, 0) is 4.79 Å². The summed E-state index contributed by atoms with van der Waals surface area (Å²) >= 11 is 0. The number of carbonyl (C=O) groups excluding carboxylic acids is 2. The topological polar surface area (TPSA) is 75.4 Å². The molecule has 3 rings (SSSR count). The Kier molecular flexibility index (Phi) is 8.30. The molecule has 0 spiro atoms. The van der Waals surface area contributed by atoms with Crippen molar-refractivity contribution in [3.05, 3.63) is 41.6 Å². The average Bonchev–Trinajstić information content (AvgIpc) is 3.12. The van der Waals surface area contributed by atoms with Gasteiger partial charge in [-0.05, 0) is 37.3 Å². The predicted octanol–water partition coefficient (Wildman–Crippen LogP) is 4.66. The van der Waals surface area contributed by atoms with Gasteiger partial charge >= 0.3 is 0 Å². The van der Waals surface area contributed by atoms with Crippen LogP contribution in [-0.4, -0.2) is 40.5 Å². The van der Waals surface area contributed by atoms with Crippen LogP contribution in [0.3, 0.4) is 0 Å². The lowest BCUT2D eigenvalue weighted by Crippen LogP contribution is -2.61. The van der Waals surface area contributed by atoms with Gasteiger partial charge in [-0.2, -0.15) is 0 Å². The molecule has 2 unspecified atom stereocenters. The molecule has 0 radical (unpaired) electrons. The zero-order chi connectivity index (χ0) is 23.3. The number of hydrogen-bond acceptors (Lipinski definition) is 4. The monoisotopic (exact) mass is 435 g/mol. The van der Waals surface area contributed by atoms with E-state index in [-0.39, 0.29) is 34.9 Å². The highest BCUT2D eigenvalue weighted by atomic mass is 19.1. The maximum atomic E-state index is 13.4. The minimum Gasteiger partial charge on any atom is -0.355 e. The molecule has 1 aliphatic rings. The summed E-state index contributed by atoms with van der Waals surface area (Å²) in [6, 6.07) is 3.48. The van der Waals surface area contributed by atoms with E-state index < -0.39 is 23.6 Å². The Balaban J connectivity index is 0.000000785. The van der Waals surface area contributed by atoms with Gasteiger partial charge in [0.25, 0.3) is 5.91 Å². The molecule has 170 valence electrons. The number of amides is 2. The van der Waals surface area contributed by atoms with Crippen LogP contribution in [0.1, 0.15) is 58.5 Å². The van der Waals surface area contributed by atoms with Crippen molar-refractivity contribution in [1.82, 2.24) is 15.4 Å². The lowest BCUT2D eigenvalue weighted by atomic mass is 9.98. The third kappa shape index (κ3) is 6.87. The van der Waals surface area contributed by atoms with Crippen molar-refractivity contribution in [2.24, 2.45) is 11.8 Å².